The minimum atomic E-state index is -0.431. The highest BCUT2D eigenvalue weighted by Crippen LogP contribution is 2.21. The van der Waals surface area contributed by atoms with Gasteiger partial charge in [0.15, 0.2) is 0 Å². The lowest BCUT2D eigenvalue weighted by molar-refractivity contribution is -0.0549. The van der Waals surface area contributed by atoms with Crippen LogP contribution >= 0.6 is 0 Å². The highest BCUT2D eigenvalue weighted by molar-refractivity contribution is 5.68. The predicted molar refractivity (Wildman–Crippen MR) is 67.1 cm³/mol. The molecule has 0 aromatic rings. The maximum absolute atomic E-state index is 11.8. The molecule has 1 aliphatic rings. The number of amides is 1. The first kappa shape index (κ1) is 14.3. The van der Waals surface area contributed by atoms with Crippen LogP contribution in [0.15, 0.2) is 0 Å². The van der Waals surface area contributed by atoms with Gasteiger partial charge in [-0.15, -0.1) is 0 Å². The zero-order valence-corrected chi connectivity index (χ0v) is 11.9. The van der Waals surface area contributed by atoms with E-state index in [1.807, 2.05) is 41.5 Å². The molecule has 1 heterocycles. The molecule has 0 unspecified atom stereocenters. The Labute approximate surface area is 104 Å². The Morgan fingerprint density at radius 2 is 1.71 bits per heavy atom. The van der Waals surface area contributed by atoms with E-state index in [9.17, 15) is 4.79 Å². The molecule has 0 radical (unpaired) electrons. The molecular formula is C13H25NO3. The zero-order chi connectivity index (χ0) is 13.3. The molecule has 0 aromatic carbocycles. The van der Waals surface area contributed by atoms with Gasteiger partial charge in [0.05, 0.1) is 18.2 Å². The molecule has 1 fully saturated rings. The molecule has 1 amide bonds. The number of carbonyl (C=O) groups is 1. The van der Waals surface area contributed by atoms with E-state index in [4.69, 9.17) is 9.47 Å². The third-order valence-electron chi connectivity index (χ3n) is 2.32. The van der Waals surface area contributed by atoms with Crippen LogP contribution in [0.5, 0.6) is 0 Å². The van der Waals surface area contributed by atoms with Gasteiger partial charge in [-0.3, -0.25) is 0 Å². The maximum atomic E-state index is 11.8. The van der Waals surface area contributed by atoms with Gasteiger partial charge in [-0.25, -0.2) is 4.79 Å². The van der Waals surface area contributed by atoms with Crippen molar-refractivity contribution in [1.29, 1.82) is 0 Å². The summed E-state index contributed by atoms with van der Waals surface area (Å²) in [5.74, 6) is 0. The van der Waals surface area contributed by atoms with Crippen LogP contribution in [0.2, 0.25) is 0 Å². The van der Waals surface area contributed by atoms with Gasteiger partial charge in [0, 0.05) is 6.54 Å². The molecule has 0 spiro atoms. The van der Waals surface area contributed by atoms with Crippen molar-refractivity contribution in [2.24, 2.45) is 0 Å². The summed E-state index contributed by atoms with van der Waals surface area (Å²) >= 11 is 0. The maximum Gasteiger partial charge on any atom is 0.410 e. The summed E-state index contributed by atoms with van der Waals surface area (Å²) in [5.41, 5.74) is -0.589. The molecule has 4 nitrogen and oxygen atoms in total. The number of hydrogen-bond acceptors (Lipinski definition) is 3. The molecule has 0 N–H and O–H groups in total. The monoisotopic (exact) mass is 243 g/mol. The van der Waals surface area contributed by atoms with Gasteiger partial charge in [0.2, 0.25) is 0 Å². The van der Waals surface area contributed by atoms with Crippen LogP contribution in [0.25, 0.3) is 0 Å². The normalized spacial score (nSPS) is 21.8. The lowest BCUT2D eigenvalue weighted by Crippen LogP contribution is -2.37. The Hall–Kier alpha value is -0.770. The Kier molecular flexibility index (Phi) is 4.07. The highest BCUT2D eigenvalue weighted by atomic mass is 16.6. The molecule has 1 aliphatic heterocycles. The van der Waals surface area contributed by atoms with Gasteiger partial charge in [0.1, 0.15) is 5.60 Å². The van der Waals surface area contributed by atoms with Crippen LogP contribution in [-0.4, -0.2) is 41.4 Å². The van der Waals surface area contributed by atoms with E-state index in [-0.39, 0.29) is 17.8 Å². The molecular weight excluding hydrogens is 218 g/mol. The molecule has 0 aromatic heterocycles. The van der Waals surface area contributed by atoms with Crippen molar-refractivity contribution in [1.82, 2.24) is 4.90 Å². The van der Waals surface area contributed by atoms with Crippen molar-refractivity contribution in [3.8, 4) is 0 Å². The number of hydrogen-bond donors (Lipinski definition) is 0. The van der Waals surface area contributed by atoms with Gasteiger partial charge in [0.25, 0.3) is 0 Å². The van der Waals surface area contributed by atoms with Crippen molar-refractivity contribution in [2.45, 2.75) is 65.3 Å². The number of ether oxygens (including phenoxy) is 2. The first-order valence-electron chi connectivity index (χ1n) is 6.22. The molecule has 1 saturated heterocycles. The number of nitrogens with zero attached hydrogens (tertiary/aromatic N) is 1. The summed E-state index contributed by atoms with van der Waals surface area (Å²) in [6.45, 7) is 13.1. The molecule has 17 heavy (non-hydrogen) atoms. The second kappa shape index (κ2) is 4.84. The SMILES string of the molecule is CC(C)(C)OC(=O)N1CC[C@@H](OC(C)(C)C)C1. The van der Waals surface area contributed by atoms with Crippen molar-refractivity contribution >= 4 is 6.09 Å². The molecule has 1 rings (SSSR count). The van der Waals surface area contributed by atoms with E-state index in [0.29, 0.717) is 6.54 Å². The van der Waals surface area contributed by atoms with Crippen LogP contribution in [0.1, 0.15) is 48.0 Å². The minimum absolute atomic E-state index is 0.127. The fourth-order valence-electron chi connectivity index (χ4n) is 1.82. The second-order valence-corrected chi connectivity index (χ2v) is 6.57. The average Bonchev–Trinajstić information content (AvgIpc) is 2.45. The van der Waals surface area contributed by atoms with E-state index < -0.39 is 5.60 Å². The highest BCUT2D eigenvalue weighted by Gasteiger charge is 2.32. The Morgan fingerprint density at radius 1 is 1.12 bits per heavy atom. The first-order chi connectivity index (χ1) is 7.57. The van der Waals surface area contributed by atoms with Crippen LogP contribution in [0, 0.1) is 0 Å². The van der Waals surface area contributed by atoms with E-state index in [1.165, 1.54) is 0 Å². The largest absolute Gasteiger partial charge is 0.444 e. The third kappa shape index (κ3) is 5.39. The topological polar surface area (TPSA) is 38.8 Å². The van der Waals surface area contributed by atoms with Gasteiger partial charge in [-0.05, 0) is 48.0 Å². The molecule has 0 aliphatic carbocycles. The summed E-state index contributed by atoms with van der Waals surface area (Å²) in [6.07, 6.45) is 0.774. The summed E-state index contributed by atoms with van der Waals surface area (Å²) in [5, 5.41) is 0. The lowest BCUT2D eigenvalue weighted by atomic mass is 10.2. The smallest absolute Gasteiger partial charge is 0.410 e. The van der Waals surface area contributed by atoms with Crippen molar-refractivity contribution < 1.29 is 14.3 Å². The molecule has 4 heteroatoms. The fourth-order valence-corrected chi connectivity index (χ4v) is 1.82. The van der Waals surface area contributed by atoms with Gasteiger partial charge in [-0.1, -0.05) is 0 Å². The summed E-state index contributed by atoms with van der Waals surface area (Å²) in [6, 6.07) is 0. The molecule has 0 saturated carbocycles. The number of rotatable bonds is 1. The standard InChI is InChI=1S/C13H25NO3/c1-12(2,3)16-10-7-8-14(9-10)11(15)17-13(4,5)6/h10H,7-9H2,1-6H3/t10-/m1/s1. The van der Waals surface area contributed by atoms with E-state index in [1.54, 1.807) is 4.90 Å². The van der Waals surface area contributed by atoms with Gasteiger partial charge in [-0.2, -0.15) is 0 Å². The Bertz CT molecular complexity index is 275. The van der Waals surface area contributed by atoms with Crippen LogP contribution in [0.4, 0.5) is 4.79 Å². The fraction of sp³-hybridized carbons (Fsp3) is 0.923. The first-order valence-corrected chi connectivity index (χ1v) is 6.22. The van der Waals surface area contributed by atoms with E-state index in [2.05, 4.69) is 0 Å². The zero-order valence-electron chi connectivity index (χ0n) is 11.9. The van der Waals surface area contributed by atoms with Crippen LogP contribution in [0.3, 0.4) is 0 Å². The van der Waals surface area contributed by atoms with E-state index >= 15 is 0 Å². The number of carbonyl (C=O) groups excluding carboxylic acids is 1. The molecule has 1 atom stereocenters. The summed E-state index contributed by atoms with van der Waals surface area (Å²) in [4.78, 5) is 13.5. The Morgan fingerprint density at radius 3 is 2.18 bits per heavy atom. The van der Waals surface area contributed by atoms with Gasteiger partial charge >= 0.3 is 6.09 Å². The van der Waals surface area contributed by atoms with Crippen molar-refractivity contribution in [3.63, 3.8) is 0 Å². The molecule has 100 valence electrons. The van der Waals surface area contributed by atoms with Crippen molar-refractivity contribution in [2.75, 3.05) is 13.1 Å². The summed E-state index contributed by atoms with van der Waals surface area (Å²) < 4.78 is 11.2. The summed E-state index contributed by atoms with van der Waals surface area (Å²) in [7, 11) is 0. The van der Waals surface area contributed by atoms with E-state index in [0.717, 1.165) is 13.0 Å². The Balaban J connectivity index is 2.43. The predicted octanol–water partition coefficient (Wildman–Crippen LogP) is 2.81. The third-order valence-corrected chi connectivity index (χ3v) is 2.32. The second-order valence-electron chi connectivity index (χ2n) is 6.57. The van der Waals surface area contributed by atoms with Crippen LogP contribution in [-0.2, 0) is 9.47 Å². The molecule has 0 bridgehead atoms. The lowest BCUT2D eigenvalue weighted by Gasteiger charge is -2.26. The van der Waals surface area contributed by atoms with Crippen LogP contribution < -0.4 is 0 Å². The average molecular weight is 243 g/mol. The van der Waals surface area contributed by atoms with Gasteiger partial charge < -0.3 is 14.4 Å². The minimum Gasteiger partial charge on any atom is -0.444 e. The number of likely N-dealkylation sites (tertiary alicyclic amines) is 1. The van der Waals surface area contributed by atoms with Crippen molar-refractivity contribution in [3.05, 3.63) is 0 Å². The quantitative estimate of drug-likeness (QED) is 0.711.